The molecule has 0 fully saturated rings. The zero-order valence-corrected chi connectivity index (χ0v) is 15.1. The van der Waals surface area contributed by atoms with E-state index in [0.717, 1.165) is 6.07 Å². The molecule has 0 amide bonds. The summed E-state index contributed by atoms with van der Waals surface area (Å²) in [6.07, 6.45) is 2.84. The first-order valence-electron chi connectivity index (χ1n) is 8.52. The van der Waals surface area contributed by atoms with E-state index < -0.39 is 23.1 Å². The van der Waals surface area contributed by atoms with Crippen LogP contribution in [0, 0.1) is 0 Å². The van der Waals surface area contributed by atoms with Crippen molar-refractivity contribution in [2.24, 2.45) is 0 Å². The third-order valence-electron chi connectivity index (χ3n) is 4.21. The summed E-state index contributed by atoms with van der Waals surface area (Å²) in [6.45, 7) is 0. The number of carbonyl (C=O) groups is 2. The van der Waals surface area contributed by atoms with E-state index in [1.807, 2.05) is 6.07 Å². The van der Waals surface area contributed by atoms with Crippen molar-refractivity contribution < 1.29 is 24.5 Å². The number of methoxy groups -OCH3 is 1. The average Bonchev–Trinajstić information content (AvgIpc) is 2.72. The molecular weight excluding hydrogens is 356 g/mol. The number of rotatable bonds is 6. The first kappa shape index (κ1) is 18.9. The number of hydrogen-bond acceptors (Lipinski definition) is 5. The van der Waals surface area contributed by atoms with Gasteiger partial charge in [0.25, 0.3) is 0 Å². The molecule has 0 radical (unpaired) electrons. The topological polar surface area (TPSA) is 83.8 Å². The van der Waals surface area contributed by atoms with E-state index in [-0.39, 0.29) is 11.1 Å². The molecule has 0 aliphatic heterocycles. The van der Waals surface area contributed by atoms with Crippen LogP contribution in [-0.4, -0.2) is 28.9 Å². The van der Waals surface area contributed by atoms with Gasteiger partial charge in [0.15, 0.2) is 11.6 Å². The van der Waals surface area contributed by atoms with Gasteiger partial charge in [0.1, 0.15) is 17.2 Å². The van der Waals surface area contributed by atoms with Gasteiger partial charge in [-0.2, -0.15) is 0 Å². The van der Waals surface area contributed by atoms with Gasteiger partial charge < -0.3 is 14.9 Å². The highest BCUT2D eigenvalue weighted by Crippen LogP contribution is 2.30. The summed E-state index contributed by atoms with van der Waals surface area (Å²) in [7, 11) is 1.53. The molecular formula is C23H18O5. The number of ether oxygens (including phenoxy) is 1. The zero-order chi connectivity index (χ0) is 20.1. The Morgan fingerprint density at radius 3 is 2.21 bits per heavy atom. The average molecular weight is 374 g/mol. The van der Waals surface area contributed by atoms with Crippen molar-refractivity contribution in [1.82, 2.24) is 0 Å². The van der Waals surface area contributed by atoms with E-state index in [9.17, 15) is 19.8 Å². The van der Waals surface area contributed by atoms with E-state index >= 15 is 0 Å². The first-order chi connectivity index (χ1) is 13.5. The molecule has 28 heavy (non-hydrogen) atoms. The summed E-state index contributed by atoms with van der Waals surface area (Å²) in [6, 6.07) is 17.8. The summed E-state index contributed by atoms with van der Waals surface area (Å²) < 4.78 is 5.23. The van der Waals surface area contributed by atoms with Gasteiger partial charge in [-0.1, -0.05) is 48.5 Å². The van der Waals surface area contributed by atoms with Crippen molar-refractivity contribution in [2.75, 3.05) is 7.11 Å². The van der Waals surface area contributed by atoms with E-state index in [1.165, 1.54) is 19.3 Å². The minimum Gasteiger partial charge on any atom is -0.507 e. The van der Waals surface area contributed by atoms with Gasteiger partial charge in [0.2, 0.25) is 0 Å². The maximum atomic E-state index is 12.6. The number of phenols is 2. The lowest BCUT2D eigenvalue weighted by Gasteiger charge is -2.08. The number of aromatic hydroxyl groups is 2. The van der Waals surface area contributed by atoms with Crippen LogP contribution < -0.4 is 4.74 Å². The second kappa shape index (κ2) is 8.22. The Kier molecular flexibility index (Phi) is 5.56. The Labute approximate surface area is 162 Å². The first-order valence-corrected chi connectivity index (χ1v) is 8.52. The van der Waals surface area contributed by atoms with Crippen molar-refractivity contribution in [3.8, 4) is 17.2 Å². The third-order valence-corrected chi connectivity index (χ3v) is 4.21. The lowest BCUT2D eigenvalue weighted by Crippen LogP contribution is -2.04. The predicted molar refractivity (Wildman–Crippen MR) is 106 cm³/mol. The van der Waals surface area contributed by atoms with E-state index in [4.69, 9.17) is 4.74 Å². The predicted octanol–water partition coefficient (Wildman–Crippen LogP) is 4.23. The molecule has 0 bridgehead atoms. The van der Waals surface area contributed by atoms with Crippen molar-refractivity contribution in [3.05, 3.63) is 95.1 Å². The van der Waals surface area contributed by atoms with E-state index in [1.54, 1.807) is 54.6 Å². The molecule has 2 N–H and O–H groups in total. The summed E-state index contributed by atoms with van der Waals surface area (Å²) >= 11 is 0. The Morgan fingerprint density at radius 2 is 1.50 bits per heavy atom. The van der Waals surface area contributed by atoms with E-state index in [2.05, 4.69) is 0 Å². The maximum absolute atomic E-state index is 12.6. The van der Waals surface area contributed by atoms with Gasteiger partial charge in [0, 0.05) is 17.2 Å². The van der Waals surface area contributed by atoms with Crippen molar-refractivity contribution in [3.63, 3.8) is 0 Å². The van der Waals surface area contributed by atoms with Crippen molar-refractivity contribution in [1.29, 1.82) is 0 Å². The van der Waals surface area contributed by atoms with Gasteiger partial charge in [-0.3, -0.25) is 9.59 Å². The normalized spacial score (nSPS) is 10.8. The van der Waals surface area contributed by atoms with Gasteiger partial charge in [-0.25, -0.2) is 0 Å². The number of para-hydroxylation sites is 1. The molecule has 5 heteroatoms. The second-order valence-electron chi connectivity index (χ2n) is 6.02. The van der Waals surface area contributed by atoms with Crippen molar-refractivity contribution >= 4 is 17.6 Å². The fourth-order valence-corrected chi connectivity index (χ4v) is 2.76. The Balaban J connectivity index is 1.94. The lowest BCUT2D eigenvalue weighted by molar-refractivity contribution is 0.103. The smallest absolute Gasteiger partial charge is 0.196 e. The molecule has 0 saturated heterocycles. The number of carbonyl (C=O) groups excluding carboxylic acids is 2. The number of phenolic OH excluding ortho intramolecular Hbond substituents is 2. The molecule has 0 atom stereocenters. The second-order valence-corrected chi connectivity index (χ2v) is 6.02. The molecule has 140 valence electrons. The van der Waals surface area contributed by atoms with Crippen LogP contribution >= 0.6 is 0 Å². The van der Waals surface area contributed by atoms with Crippen LogP contribution in [0.3, 0.4) is 0 Å². The largest absolute Gasteiger partial charge is 0.507 e. The van der Waals surface area contributed by atoms with Gasteiger partial charge in [-0.05, 0) is 24.3 Å². The molecule has 0 heterocycles. The highest BCUT2D eigenvalue weighted by molar-refractivity contribution is 6.14. The van der Waals surface area contributed by atoms with Gasteiger partial charge >= 0.3 is 0 Å². The fourth-order valence-electron chi connectivity index (χ4n) is 2.76. The molecule has 0 aliphatic carbocycles. The molecule has 0 unspecified atom stereocenters. The number of benzene rings is 3. The fraction of sp³-hybridized carbons (Fsp3) is 0.0435. The van der Waals surface area contributed by atoms with Crippen LogP contribution in [0.25, 0.3) is 6.08 Å². The van der Waals surface area contributed by atoms with E-state index in [0.29, 0.717) is 16.9 Å². The standard InChI is InChI=1S/C23H18O5/c1-28-22-10-6-5-7-15(22)11-12-19(24)17-13-18(21(26)14-20(17)25)23(27)16-8-3-2-4-9-16/h2-14,25-26H,1H3. The minimum absolute atomic E-state index is 0.0574. The molecule has 0 saturated carbocycles. The Morgan fingerprint density at radius 1 is 0.857 bits per heavy atom. The van der Waals surface area contributed by atoms with Crippen LogP contribution in [0.5, 0.6) is 17.2 Å². The minimum atomic E-state index is -0.509. The lowest BCUT2D eigenvalue weighted by atomic mass is 9.98. The summed E-state index contributed by atoms with van der Waals surface area (Å²) in [5.74, 6) is -1.15. The molecule has 5 nitrogen and oxygen atoms in total. The molecule has 0 spiro atoms. The highest BCUT2D eigenvalue weighted by Gasteiger charge is 2.19. The quantitative estimate of drug-likeness (QED) is 0.498. The monoisotopic (exact) mass is 374 g/mol. The number of ketones is 2. The Hall–Kier alpha value is -3.86. The van der Waals surface area contributed by atoms with Gasteiger partial charge in [-0.15, -0.1) is 0 Å². The van der Waals surface area contributed by atoms with Crippen LogP contribution in [0.15, 0.2) is 72.8 Å². The maximum Gasteiger partial charge on any atom is 0.196 e. The number of hydrogen-bond donors (Lipinski definition) is 2. The highest BCUT2D eigenvalue weighted by atomic mass is 16.5. The zero-order valence-electron chi connectivity index (χ0n) is 15.1. The molecule has 3 rings (SSSR count). The van der Waals surface area contributed by atoms with Gasteiger partial charge in [0.05, 0.1) is 18.2 Å². The van der Waals surface area contributed by atoms with Crippen LogP contribution in [-0.2, 0) is 0 Å². The SMILES string of the molecule is COc1ccccc1C=CC(=O)c1cc(C(=O)c2ccccc2)c(O)cc1O. The van der Waals surface area contributed by atoms with Crippen LogP contribution in [0.4, 0.5) is 0 Å². The molecule has 0 aromatic heterocycles. The van der Waals surface area contributed by atoms with Crippen LogP contribution in [0.1, 0.15) is 31.8 Å². The number of allylic oxidation sites excluding steroid dienone is 1. The molecule has 3 aromatic rings. The summed E-state index contributed by atoms with van der Waals surface area (Å²) in [4.78, 5) is 25.2. The molecule has 0 aliphatic rings. The molecule has 3 aromatic carbocycles. The summed E-state index contributed by atoms with van der Waals surface area (Å²) in [5.41, 5.74) is 0.921. The third kappa shape index (κ3) is 3.94. The summed E-state index contributed by atoms with van der Waals surface area (Å²) in [5, 5.41) is 20.2. The Bertz CT molecular complexity index is 1050. The van der Waals surface area contributed by atoms with Crippen LogP contribution in [0.2, 0.25) is 0 Å². The van der Waals surface area contributed by atoms with Crippen molar-refractivity contribution in [2.45, 2.75) is 0 Å².